The molecule has 1 amide bonds. The minimum absolute atomic E-state index is 0.160. The summed E-state index contributed by atoms with van der Waals surface area (Å²) in [5.74, 6) is 0.499. The average Bonchev–Trinajstić information content (AvgIpc) is 2.63. The first-order valence-corrected chi connectivity index (χ1v) is 9.99. The number of ether oxygens (including phenoxy) is 1. The molecule has 0 spiro atoms. The molecule has 2 rings (SSSR count). The number of nitrogens with one attached hydrogen (secondary N) is 1. The number of carbonyl (C=O) groups excluding carboxylic acids is 1. The first-order valence-electron chi connectivity index (χ1n) is 8.55. The predicted octanol–water partition coefficient (Wildman–Crippen LogP) is 2.30. The molecule has 1 atom stereocenters. The normalized spacial score (nSPS) is 12.6. The summed E-state index contributed by atoms with van der Waals surface area (Å²) in [7, 11) is -4.27. The van der Waals surface area contributed by atoms with Gasteiger partial charge in [-0.2, -0.15) is 8.42 Å². The number of rotatable bonds is 9. The zero-order valence-corrected chi connectivity index (χ0v) is 16.1. The summed E-state index contributed by atoms with van der Waals surface area (Å²) in [5, 5.41) is 2.86. The molecule has 0 aliphatic carbocycles. The molecule has 0 aliphatic rings. The highest BCUT2D eigenvalue weighted by Gasteiger charge is 2.20. The molecule has 2 N–H and O–H groups in total. The molecular weight excluding hydrogens is 368 g/mol. The van der Waals surface area contributed by atoms with Crippen molar-refractivity contribution in [1.29, 1.82) is 0 Å². The molecule has 8 heteroatoms. The van der Waals surface area contributed by atoms with Crippen LogP contribution >= 0.6 is 0 Å². The van der Waals surface area contributed by atoms with Gasteiger partial charge >= 0.3 is 0 Å². The Labute approximate surface area is 159 Å². The maximum absolute atomic E-state index is 11.6. The van der Waals surface area contributed by atoms with Gasteiger partial charge in [-0.05, 0) is 36.4 Å². The first kappa shape index (κ1) is 20.9. The summed E-state index contributed by atoms with van der Waals surface area (Å²) in [5.41, 5.74) is 0.696. The molecule has 0 aliphatic heterocycles. The number of hydrogen-bond acceptors (Lipinski definition) is 5. The number of benzene rings is 2. The Hall–Kier alpha value is -2.42. The van der Waals surface area contributed by atoms with Crippen molar-refractivity contribution in [3.8, 4) is 5.75 Å². The lowest BCUT2D eigenvalue weighted by atomic mass is 10.2. The molecule has 0 heterocycles. The van der Waals surface area contributed by atoms with Crippen LogP contribution in [0, 0.1) is 0 Å². The van der Waals surface area contributed by atoms with E-state index in [1.165, 1.54) is 19.1 Å². The van der Waals surface area contributed by atoms with E-state index >= 15 is 0 Å². The van der Waals surface area contributed by atoms with E-state index in [2.05, 4.69) is 5.32 Å². The predicted molar refractivity (Wildman–Crippen MR) is 102 cm³/mol. The SMILES string of the molecule is CCN(Cc1cccc(S(=O)(=O)O)c1)C(COc1ccccc1)NC(C)=O. The molecule has 27 heavy (non-hydrogen) atoms. The number of amides is 1. The van der Waals surface area contributed by atoms with Crippen molar-refractivity contribution >= 4 is 16.0 Å². The monoisotopic (exact) mass is 392 g/mol. The molecule has 2 aromatic carbocycles. The summed E-state index contributed by atoms with van der Waals surface area (Å²) in [6.45, 7) is 4.57. The average molecular weight is 392 g/mol. The van der Waals surface area contributed by atoms with Gasteiger partial charge in [0.2, 0.25) is 5.91 Å². The van der Waals surface area contributed by atoms with Crippen molar-refractivity contribution in [2.75, 3.05) is 13.2 Å². The fourth-order valence-corrected chi connectivity index (χ4v) is 3.20. The van der Waals surface area contributed by atoms with E-state index in [1.54, 1.807) is 12.1 Å². The van der Waals surface area contributed by atoms with Crippen molar-refractivity contribution in [2.45, 2.75) is 31.5 Å². The smallest absolute Gasteiger partial charge is 0.294 e. The Kier molecular flexibility index (Phi) is 7.35. The van der Waals surface area contributed by atoms with Crippen LogP contribution in [0.2, 0.25) is 0 Å². The van der Waals surface area contributed by atoms with Crippen LogP contribution in [-0.2, 0) is 21.5 Å². The largest absolute Gasteiger partial charge is 0.490 e. The second kappa shape index (κ2) is 9.50. The maximum atomic E-state index is 11.6. The summed E-state index contributed by atoms with van der Waals surface area (Å²) >= 11 is 0. The fourth-order valence-electron chi connectivity index (χ4n) is 2.65. The van der Waals surface area contributed by atoms with Gasteiger partial charge < -0.3 is 10.1 Å². The third-order valence-corrected chi connectivity index (χ3v) is 4.80. The van der Waals surface area contributed by atoms with E-state index in [0.717, 1.165) is 0 Å². The van der Waals surface area contributed by atoms with E-state index in [-0.39, 0.29) is 17.4 Å². The lowest BCUT2D eigenvalue weighted by Crippen LogP contribution is -2.50. The topological polar surface area (TPSA) is 95.9 Å². The Bertz CT molecular complexity index is 855. The number of carbonyl (C=O) groups is 1. The quantitative estimate of drug-likeness (QED) is 0.502. The van der Waals surface area contributed by atoms with Crippen molar-refractivity contribution in [3.63, 3.8) is 0 Å². The number of likely N-dealkylation sites (N-methyl/N-ethyl adjacent to an activating group) is 1. The highest BCUT2D eigenvalue weighted by Crippen LogP contribution is 2.15. The molecule has 7 nitrogen and oxygen atoms in total. The molecule has 0 fully saturated rings. The highest BCUT2D eigenvalue weighted by atomic mass is 32.2. The van der Waals surface area contributed by atoms with E-state index in [1.807, 2.05) is 42.2 Å². The molecule has 2 aromatic rings. The minimum atomic E-state index is -4.27. The van der Waals surface area contributed by atoms with Gasteiger partial charge in [-0.3, -0.25) is 14.2 Å². The van der Waals surface area contributed by atoms with E-state index in [4.69, 9.17) is 4.74 Å². The molecule has 0 saturated heterocycles. The molecular formula is C19H24N2O5S. The number of para-hydroxylation sites is 1. The van der Waals surface area contributed by atoms with Crippen LogP contribution in [0.5, 0.6) is 5.75 Å². The molecule has 0 saturated carbocycles. The minimum Gasteiger partial charge on any atom is -0.490 e. The summed E-state index contributed by atoms with van der Waals surface area (Å²) in [4.78, 5) is 13.4. The van der Waals surface area contributed by atoms with Gasteiger partial charge in [0.1, 0.15) is 18.5 Å². The highest BCUT2D eigenvalue weighted by molar-refractivity contribution is 7.85. The molecule has 0 aromatic heterocycles. The van der Waals surface area contributed by atoms with E-state index in [9.17, 15) is 17.8 Å². The third kappa shape index (κ3) is 6.67. The number of hydrogen-bond donors (Lipinski definition) is 2. The van der Waals surface area contributed by atoms with Crippen LogP contribution < -0.4 is 10.1 Å². The van der Waals surface area contributed by atoms with Crippen LogP contribution in [0.25, 0.3) is 0 Å². The lowest BCUT2D eigenvalue weighted by molar-refractivity contribution is -0.121. The van der Waals surface area contributed by atoms with Crippen molar-refractivity contribution in [3.05, 3.63) is 60.2 Å². The van der Waals surface area contributed by atoms with Crippen LogP contribution in [0.1, 0.15) is 19.4 Å². The molecule has 0 bridgehead atoms. The van der Waals surface area contributed by atoms with Gasteiger partial charge in [0.25, 0.3) is 10.1 Å². The van der Waals surface area contributed by atoms with Crippen LogP contribution in [0.4, 0.5) is 0 Å². The Morgan fingerprint density at radius 2 is 1.89 bits per heavy atom. The second-order valence-electron chi connectivity index (χ2n) is 6.03. The fraction of sp³-hybridized carbons (Fsp3) is 0.316. The zero-order chi connectivity index (χ0) is 19.9. The van der Waals surface area contributed by atoms with E-state index < -0.39 is 16.3 Å². The van der Waals surface area contributed by atoms with Gasteiger partial charge in [0, 0.05) is 13.5 Å². The second-order valence-corrected chi connectivity index (χ2v) is 7.45. The van der Waals surface area contributed by atoms with Crippen molar-refractivity contribution in [2.24, 2.45) is 0 Å². The van der Waals surface area contributed by atoms with Crippen molar-refractivity contribution < 1.29 is 22.5 Å². The summed E-state index contributed by atoms with van der Waals surface area (Å²) in [6, 6.07) is 15.4. The van der Waals surface area contributed by atoms with Gasteiger partial charge in [0.05, 0.1) is 4.90 Å². The lowest BCUT2D eigenvalue weighted by Gasteiger charge is -2.31. The molecule has 1 unspecified atom stereocenters. The van der Waals surface area contributed by atoms with Crippen molar-refractivity contribution in [1.82, 2.24) is 10.2 Å². The summed E-state index contributed by atoms with van der Waals surface area (Å²) in [6.07, 6.45) is -0.401. The van der Waals surface area contributed by atoms with Gasteiger partial charge in [-0.15, -0.1) is 0 Å². The van der Waals surface area contributed by atoms with Crippen LogP contribution in [-0.4, -0.2) is 43.1 Å². The standard InChI is InChI=1S/C19H24N2O5S/c1-3-21(13-16-8-7-11-18(12-16)27(23,24)25)19(20-15(2)22)14-26-17-9-5-4-6-10-17/h4-12,19H,3,13-14H2,1-2H3,(H,20,22)(H,23,24,25). The maximum Gasteiger partial charge on any atom is 0.294 e. The Balaban J connectivity index is 2.15. The Morgan fingerprint density at radius 3 is 2.48 bits per heavy atom. The molecule has 0 radical (unpaired) electrons. The van der Waals surface area contributed by atoms with Crippen LogP contribution in [0.15, 0.2) is 59.5 Å². The van der Waals surface area contributed by atoms with Crippen LogP contribution in [0.3, 0.4) is 0 Å². The third-order valence-electron chi connectivity index (χ3n) is 3.95. The van der Waals surface area contributed by atoms with Gasteiger partial charge in [-0.1, -0.05) is 37.3 Å². The number of nitrogens with zero attached hydrogens (tertiary/aromatic N) is 1. The Morgan fingerprint density at radius 1 is 1.19 bits per heavy atom. The molecule has 146 valence electrons. The van der Waals surface area contributed by atoms with E-state index in [0.29, 0.717) is 24.4 Å². The first-order chi connectivity index (χ1) is 12.8. The zero-order valence-electron chi connectivity index (χ0n) is 15.3. The summed E-state index contributed by atoms with van der Waals surface area (Å²) < 4.78 is 37.7. The van der Waals surface area contributed by atoms with Gasteiger partial charge in [0.15, 0.2) is 0 Å². The van der Waals surface area contributed by atoms with Gasteiger partial charge in [-0.25, -0.2) is 0 Å².